The molecular weight excluding hydrogens is 236 g/mol. The Labute approximate surface area is 106 Å². The van der Waals surface area contributed by atoms with Crippen LogP contribution in [0.25, 0.3) is 0 Å². The molecule has 0 spiro atoms. The Morgan fingerprint density at radius 3 is 2.50 bits per heavy atom. The van der Waals surface area contributed by atoms with E-state index < -0.39 is 11.6 Å². The minimum absolute atomic E-state index is 0.0925. The molecule has 1 aliphatic rings. The summed E-state index contributed by atoms with van der Waals surface area (Å²) in [6.07, 6.45) is 0. The van der Waals surface area contributed by atoms with E-state index in [0.29, 0.717) is 13.1 Å². The Balaban J connectivity index is 2.64. The number of amides is 4. The van der Waals surface area contributed by atoms with Crippen LogP contribution in [0.3, 0.4) is 0 Å². The van der Waals surface area contributed by atoms with Gasteiger partial charge in [0.25, 0.3) is 5.91 Å². The van der Waals surface area contributed by atoms with Crippen molar-refractivity contribution in [3.05, 3.63) is 0 Å². The quantitative estimate of drug-likeness (QED) is 0.618. The van der Waals surface area contributed by atoms with Gasteiger partial charge in [0.05, 0.1) is 0 Å². The number of hydrogen-bond donors (Lipinski definition) is 2. The van der Waals surface area contributed by atoms with E-state index in [-0.39, 0.29) is 18.4 Å². The van der Waals surface area contributed by atoms with Gasteiger partial charge in [0.2, 0.25) is 5.91 Å². The van der Waals surface area contributed by atoms with E-state index in [9.17, 15) is 14.4 Å². The molecule has 1 rings (SSSR count). The van der Waals surface area contributed by atoms with Gasteiger partial charge in [0, 0.05) is 20.1 Å². The Morgan fingerprint density at radius 2 is 2.06 bits per heavy atom. The van der Waals surface area contributed by atoms with Crippen LogP contribution in [0.2, 0.25) is 0 Å². The molecule has 2 N–H and O–H groups in total. The van der Waals surface area contributed by atoms with E-state index in [1.54, 1.807) is 27.9 Å². The van der Waals surface area contributed by atoms with Gasteiger partial charge in [-0.3, -0.25) is 14.9 Å². The second kappa shape index (κ2) is 5.34. The average molecular weight is 256 g/mol. The lowest BCUT2D eigenvalue weighted by atomic mass is 10.0. The first kappa shape index (κ1) is 14.4. The van der Waals surface area contributed by atoms with E-state index in [2.05, 4.69) is 10.6 Å². The third-order valence-electron chi connectivity index (χ3n) is 3.11. The van der Waals surface area contributed by atoms with Crippen LogP contribution < -0.4 is 10.6 Å². The summed E-state index contributed by atoms with van der Waals surface area (Å²) in [5, 5.41) is 5.15. The van der Waals surface area contributed by atoms with Gasteiger partial charge in [-0.1, -0.05) is 0 Å². The van der Waals surface area contributed by atoms with E-state index >= 15 is 0 Å². The second-order valence-electron chi connectivity index (χ2n) is 4.82. The monoisotopic (exact) mass is 256 g/mol. The van der Waals surface area contributed by atoms with Crippen LogP contribution in [-0.2, 0) is 9.59 Å². The number of nitrogens with one attached hydrogen (secondary N) is 2. The molecule has 7 nitrogen and oxygen atoms in total. The molecule has 0 radical (unpaired) electrons. The topological polar surface area (TPSA) is 81.8 Å². The zero-order chi connectivity index (χ0) is 13.9. The molecule has 18 heavy (non-hydrogen) atoms. The van der Waals surface area contributed by atoms with Crippen LogP contribution in [-0.4, -0.2) is 66.9 Å². The summed E-state index contributed by atoms with van der Waals surface area (Å²) in [7, 11) is 3.47. The third kappa shape index (κ3) is 2.79. The van der Waals surface area contributed by atoms with E-state index in [0.717, 1.165) is 0 Å². The van der Waals surface area contributed by atoms with Crippen LogP contribution in [0.1, 0.15) is 13.8 Å². The Bertz CT molecular complexity index is 367. The lowest BCUT2D eigenvalue weighted by Crippen LogP contribution is -2.49. The van der Waals surface area contributed by atoms with Crippen molar-refractivity contribution >= 4 is 17.8 Å². The van der Waals surface area contributed by atoms with Gasteiger partial charge in [-0.25, -0.2) is 4.79 Å². The zero-order valence-corrected chi connectivity index (χ0v) is 11.2. The molecule has 0 saturated carbocycles. The molecule has 0 aliphatic carbocycles. The van der Waals surface area contributed by atoms with E-state index in [1.165, 1.54) is 9.80 Å². The molecule has 0 aromatic heterocycles. The lowest BCUT2D eigenvalue weighted by Gasteiger charge is -2.29. The molecule has 1 heterocycles. The SMILES string of the molecule is CNCCN(C)C(=O)CN1C(=O)NC(=O)C1(C)C. The van der Waals surface area contributed by atoms with E-state index in [4.69, 9.17) is 0 Å². The fourth-order valence-electron chi connectivity index (χ4n) is 1.62. The molecule has 7 heteroatoms. The molecule has 0 atom stereocenters. The smallest absolute Gasteiger partial charge is 0.325 e. The van der Waals surface area contributed by atoms with Gasteiger partial charge in [-0.2, -0.15) is 0 Å². The number of hydrogen-bond acceptors (Lipinski definition) is 4. The fourth-order valence-corrected chi connectivity index (χ4v) is 1.62. The second-order valence-corrected chi connectivity index (χ2v) is 4.82. The molecular formula is C11H20N4O3. The van der Waals surface area contributed by atoms with Gasteiger partial charge in [0.1, 0.15) is 12.1 Å². The minimum Gasteiger partial charge on any atom is -0.343 e. The molecule has 4 amide bonds. The number of likely N-dealkylation sites (N-methyl/N-ethyl adjacent to an activating group) is 2. The van der Waals surface area contributed by atoms with Crippen molar-refractivity contribution in [1.29, 1.82) is 0 Å². The van der Waals surface area contributed by atoms with Crippen molar-refractivity contribution in [2.75, 3.05) is 33.7 Å². The largest absolute Gasteiger partial charge is 0.343 e. The summed E-state index contributed by atoms with van der Waals surface area (Å²) in [5.74, 6) is -0.568. The molecule has 1 saturated heterocycles. The van der Waals surface area contributed by atoms with Crippen molar-refractivity contribution in [1.82, 2.24) is 20.4 Å². The highest BCUT2D eigenvalue weighted by molar-refractivity contribution is 6.07. The highest BCUT2D eigenvalue weighted by atomic mass is 16.2. The Kier molecular flexibility index (Phi) is 4.28. The summed E-state index contributed by atoms with van der Waals surface area (Å²) in [6.45, 7) is 4.38. The van der Waals surface area contributed by atoms with Crippen molar-refractivity contribution in [3.63, 3.8) is 0 Å². The maximum Gasteiger partial charge on any atom is 0.325 e. The van der Waals surface area contributed by atoms with Crippen molar-refractivity contribution in [2.24, 2.45) is 0 Å². The Hall–Kier alpha value is -1.63. The van der Waals surface area contributed by atoms with Gasteiger partial charge in [0.15, 0.2) is 0 Å². The van der Waals surface area contributed by atoms with Crippen LogP contribution in [0.4, 0.5) is 4.79 Å². The van der Waals surface area contributed by atoms with Crippen molar-refractivity contribution < 1.29 is 14.4 Å². The van der Waals surface area contributed by atoms with Gasteiger partial charge < -0.3 is 15.1 Å². The normalized spacial score (nSPS) is 17.9. The maximum absolute atomic E-state index is 11.9. The first-order chi connectivity index (χ1) is 8.30. The summed E-state index contributed by atoms with van der Waals surface area (Å²) < 4.78 is 0. The number of nitrogens with zero attached hydrogens (tertiary/aromatic N) is 2. The number of carbonyl (C=O) groups excluding carboxylic acids is 3. The number of carbonyl (C=O) groups is 3. The van der Waals surface area contributed by atoms with Crippen LogP contribution >= 0.6 is 0 Å². The molecule has 1 fully saturated rings. The number of imide groups is 1. The summed E-state index contributed by atoms with van der Waals surface area (Å²) >= 11 is 0. The first-order valence-electron chi connectivity index (χ1n) is 5.82. The van der Waals surface area contributed by atoms with Gasteiger partial charge >= 0.3 is 6.03 Å². The van der Waals surface area contributed by atoms with E-state index in [1.807, 2.05) is 0 Å². The van der Waals surface area contributed by atoms with Crippen LogP contribution in [0.5, 0.6) is 0 Å². The van der Waals surface area contributed by atoms with Crippen LogP contribution in [0, 0.1) is 0 Å². The zero-order valence-electron chi connectivity index (χ0n) is 11.2. The highest BCUT2D eigenvalue weighted by Crippen LogP contribution is 2.20. The molecule has 0 aromatic rings. The molecule has 0 unspecified atom stereocenters. The average Bonchev–Trinajstić information content (AvgIpc) is 2.48. The van der Waals surface area contributed by atoms with Gasteiger partial charge in [-0.15, -0.1) is 0 Å². The molecule has 0 bridgehead atoms. The van der Waals surface area contributed by atoms with Gasteiger partial charge in [-0.05, 0) is 20.9 Å². The minimum atomic E-state index is -0.976. The summed E-state index contributed by atoms with van der Waals surface area (Å²) in [6, 6.07) is -0.514. The number of rotatable bonds is 5. The highest BCUT2D eigenvalue weighted by Gasteiger charge is 2.46. The predicted octanol–water partition coefficient (Wildman–Crippen LogP) is -1.01. The van der Waals surface area contributed by atoms with Crippen molar-refractivity contribution in [2.45, 2.75) is 19.4 Å². The van der Waals surface area contributed by atoms with Crippen LogP contribution in [0.15, 0.2) is 0 Å². The van der Waals surface area contributed by atoms with Crippen molar-refractivity contribution in [3.8, 4) is 0 Å². The lowest BCUT2D eigenvalue weighted by molar-refractivity contribution is -0.132. The third-order valence-corrected chi connectivity index (χ3v) is 3.11. The molecule has 102 valence electrons. The summed E-state index contributed by atoms with van der Waals surface area (Å²) in [5.41, 5.74) is -0.976. The molecule has 0 aromatic carbocycles. The maximum atomic E-state index is 11.9. The predicted molar refractivity (Wildman–Crippen MR) is 65.9 cm³/mol. The fraction of sp³-hybridized carbons (Fsp3) is 0.727. The standard InChI is InChI=1S/C11H20N4O3/c1-11(2)9(17)13-10(18)15(11)7-8(16)14(4)6-5-12-3/h12H,5-7H2,1-4H3,(H,13,17,18). The number of urea groups is 1. The molecule has 1 aliphatic heterocycles. The Morgan fingerprint density at radius 1 is 1.44 bits per heavy atom. The summed E-state index contributed by atoms with van der Waals surface area (Å²) in [4.78, 5) is 37.8. The first-order valence-corrected chi connectivity index (χ1v) is 5.82.